The number of nitrogens with zero attached hydrogens (tertiary/aromatic N) is 1. The van der Waals surface area contributed by atoms with E-state index in [0.29, 0.717) is 12.3 Å². The molecule has 0 fully saturated rings. The predicted octanol–water partition coefficient (Wildman–Crippen LogP) is 1.15. The molecule has 2 rings (SSSR count). The zero-order valence-corrected chi connectivity index (χ0v) is 9.87. The largest absolute Gasteiger partial charge is 0.481 e. The van der Waals surface area contributed by atoms with Gasteiger partial charge in [-0.25, -0.2) is 4.79 Å². The smallest absolute Gasteiger partial charge is 0.326 e. The number of benzene rings is 1. The first kappa shape index (κ1) is 11.8. The van der Waals surface area contributed by atoms with Crippen molar-refractivity contribution < 1.29 is 9.90 Å². The van der Waals surface area contributed by atoms with Gasteiger partial charge in [0.1, 0.15) is 0 Å². The molecule has 0 amide bonds. The maximum Gasteiger partial charge on any atom is 0.326 e. The Bertz CT molecular complexity index is 588. The lowest BCUT2D eigenvalue weighted by atomic mass is 10.3. The summed E-state index contributed by atoms with van der Waals surface area (Å²) in [7, 11) is 0. The van der Waals surface area contributed by atoms with Gasteiger partial charge in [0.2, 0.25) is 0 Å². The van der Waals surface area contributed by atoms with Crippen molar-refractivity contribution in [2.24, 2.45) is 0 Å². The van der Waals surface area contributed by atoms with Gasteiger partial charge >= 0.3 is 11.7 Å². The van der Waals surface area contributed by atoms with Crippen molar-refractivity contribution >= 4 is 28.8 Å². The van der Waals surface area contributed by atoms with Crippen LogP contribution in [-0.4, -0.2) is 32.1 Å². The molecule has 0 aliphatic rings. The highest BCUT2D eigenvalue weighted by atomic mass is 32.2. The summed E-state index contributed by atoms with van der Waals surface area (Å²) in [6.07, 6.45) is 0. The summed E-state index contributed by atoms with van der Waals surface area (Å²) in [5.74, 6) is -0.160. The van der Waals surface area contributed by atoms with E-state index in [4.69, 9.17) is 5.11 Å². The molecule has 0 saturated heterocycles. The molecule has 2 N–H and O–H groups in total. The maximum absolute atomic E-state index is 11.6. The van der Waals surface area contributed by atoms with E-state index in [1.807, 2.05) is 24.3 Å². The molecule has 0 aliphatic heterocycles. The van der Waals surface area contributed by atoms with E-state index in [1.54, 1.807) is 4.57 Å². The summed E-state index contributed by atoms with van der Waals surface area (Å²) in [6, 6.07) is 7.45. The number of aromatic nitrogens is 2. The Balaban J connectivity index is 2.10. The minimum Gasteiger partial charge on any atom is -0.481 e. The number of para-hydroxylation sites is 2. The van der Waals surface area contributed by atoms with E-state index in [0.717, 1.165) is 11.0 Å². The van der Waals surface area contributed by atoms with Gasteiger partial charge in [0.05, 0.1) is 16.8 Å². The van der Waals surface area contributed by atoms with Crippen molar-refractivity contribution in [2.75, 3.05) is 11.5 Å². The van der Waals surface area contributed by atoms with Gasteiger partial charge in [0.25, 0.3) is 0 Å². The van der Waals surface area contributed by atoms with Crippen LogP contribution in [-0.2, 0) is 11.3 Å². The van der Waals surface area contributed by atoms with Gasteiger partial charge in [-0.05, 0) is 12.1 Å². The lowest BCUT2D eigenvalue weighted by Crippen LogP contribution is -2.18. The fourth-order valence-electron chi connectivity index (χ4n) is 1.64. The lowest BCUT2D eigenvalue weighted by molar-refractivity contribution is -0.133. The monoisotopic (exact) mass is 252 g/mol. The highest BCUT2D eigenvalue weighted by Gasteiger charge is 2.05. The number of aliphatic carboxylic acids is 1. The molecule has 0 unspecified atom stereocenters. The van der Waals surface area contributed by atoms with E-state index >= 15 is 0 Å². The summed E-state index contributed by atoms with van der Waals surface area (Å²) < 4.78 is 1.63. The third-order valence-electron chi connectivity index (χ3n) is 2.37. The molecule has 1 aromatic carbocycles. The van der Waals surface area contributed by atoms with Crippen LogP contribution in [0.5, 0.6) is 0 Å². The van der Waals surface area contributed by atoms with Crippen LogP contribution in [0.1, 0.15) is 0 Å². The van der Waals surface area contributed by atoms with Crippen LogP contribution in [0.15, 0.2) is 29.1 Å². The first-order valence-corrected chi connectivity index (χ1v) is 6.31. The first-order chi connectivity index (χ1) is 8.18. The van der Waals surface area contributed by atoms with Gasteiger partial charge < -0.3 is 10.1 Å². The average molecular weight is 252 g/mol. The summed E-state index contributed by atoms with van der Waals surface area (Å²) in [4.78, 5) is 24.8. The van der Waals surface area contributed by atoms with Gasteiger partial charge in [0, 0.05) is 12.3 Å². The number of nitrogens with one attached hydrogen (secondary N) is 1. The quantitative estimate of drug-likeness (QED) is 0.783. The van der Waals surface area contributed by atoms with Crippen molar-refractivity contribution in [3.05, 3.63) is 34.7 Å². The number of thioether (sulfide) groups is 1. The number of carboxylic acid groups (broad SMARTS) is 1. The molecule has 0 radical (unpaired) electrons. The van der Waals surface area contributed by atoms with Crippen LogP contribution in [0.3, 0.4) is 0 Å². The molecular formula is C11H12N2O3S. The van der Waals surface area contributed by atoms with Gasteiger partial charge in [-0.15, -0.1) is 11.8 Å². The topological polar surface area (TPSA) is 75.1 Å². The molecule has 0 atom stereocenters. The minimum absolute atomic E-state index is 0.0666. The van der Waals surface area contributed by atoms with Crippen molar-refractivity contribution in [3.8, 4) is 0 Å². The molecule has 0 aliphatic carbocycles. The third-order valence-corrected chi connectivity index (χ3v) is 3.29. The molecule has 1 aromatic heterocycles. The number of rotatable bonds is 5. The van der Waals surface area contributed by atoms with Gasteiger partial charge in [-0.1, -0.05) is 12.1 Å². The van der Waals surface area contributed by atoms with Crippen LogP contribution in [0, 0.1) is 0 Å². The molecular weight excluding hydrogens is 240 g/mol. The highest BCUT2D eigenvalue weighted by molar-refractivity contribution is 7.99. The molecule has 1 heterocycles. The van der Waals surface area contributed by atoms with Crippen LogP contribution < -0.4 is 5.69 Å². The fourth-order valence-corrected chi connectivity index (χ4v) is 2.27. The molecule has 0 spiro atoms. The van der Waals surface area contributed by atoms with Gasteiger partial charge in [0.15, 0.2) is 0 Å². The second-order valence-electron chi connectivity index (χ2n) is 3.55. The van der Waals surface area contributed by atoms with Gasteiger partial charge in [-0.2, -0.15) is 0 Å². The van der Waals surface area contributed by atoms with E-state index in [2.05, 4.69) is 4.98 Å². The average Bonchev–Trinajstić information content (AvgIpc) is 2.60. The molecule has 0 saturated carbocycles. The number of carboxylic acids is 1. The molecule has 2 aromatic rings. The van der Waals surface area contributed by atoms with Crippen LogP contribution in [0.25, 0.3) is 11.0 Å². The third kappa shape index (κ3) is 2.71. The normalized spacial score (nSPS) is 10.8. The Morgan fingerprint density at radius 1 is 1.41 bits per heavy atom. The number of aromatic amines is 1. The van der Waals surface area contributed by atoms with Crippen molar-refractivity contribution in [3.63, 3.8) is 0 Å². The molecule has 0 bridgehead atoms. The van der Waals surface area contributed by atoms with E-state index in [1.165, 1.54) is 11.8 Å². The number of fused-ring (bicyclic) bond motifs is 1. The van der Waals surface area contributed by atoms with Crippen LogP contribution in [0.2, 0.25) is 0 Å². The summed E-state index contributed by atoms with van der Waals surface area (Å²) in [6.45, 7) is 0.515. The Morgan fingerprint density at radius 2 is 2.18 bits per heavy atom. The van der Waals surface area contributed by atoms with Crippen molar-refractivity contribution in [2.45, 2.75) is 6.54 Å². The standard InChI is InChI=1S/C11H12N2O3S/c14-10(15)7-17-6-5-13-9-4-2-1-3-8(9)12-11(13)16/h1-4H,5-7H2,(H,12,16)(H,14,15). The van der Waals surface area contributed by atoms with E-state index in [-0.39, 0.29) is 11.4 Å². The van der Waals surface area contributed by atoms with Crippen LogP contribution in [0.4, 0.5) is 0 Å². The number of H-pyrrole nitrogens is 1. The Hall–Kier alpha value is -1.69. The Labute approximate surface area is 101 Å². The first-order valence-electron chi connectivity index (χ1n) is 5.15. The SMILES string of the molecule is O=C(O)CSCCn1c(=O)[nH]c2ccccc21. The second kappa shape index (κ2) is 5.09. The van der Waals surface area contributed by atoms with Gasteiger partial charge in [-0.3, -0.25) is 9.36 Å². The second-order valence-corrected chi connectivity index (χ2v) is 4.65. The minimum atomic E-state index is -0.832. The number of aryl methyl sites for hydroxylation is 1. The van der Waals surface area contributed by atoms with Crippen molar-refractivity contribution in [1.29, 1.82) is 0 Å². The number of hydrogen-bond acceptors (Lipinski definition) is 3. The van der Waals surface area contributed by atoms with Crippen molar-refractivity contribution in [1.82, 2.24) is 9.55 Å². The molecule has 6 heteroatoms. The Kier molecular flexibility index (Phi) is 3.53. The van der Waals surface area contributed by atoms with E-state index < -0.39 is 5.97 Å². The molecule has 5 nitrogen and oxygen atoms in total. The molecule has 17 heavy (non-hydrogen) atoms. The summed E-state index contributed by atoms with van der Waals surface area (Å²) in [5.41, 5.74) is 1.51. The predicted molar refractivity (Wildman–Crippen MR) is 67.5 cm³/mol. The van der Waals surface area contributed by atoms with E-state index in [9.17, 15) is 9.59 Å². The summed E-state index contributed by atoms with van der Waals surface area (Å²) in [5, 5.41) is 8.50. The fraction of sp³-hybridized carbons (Fsp3) is 0.273. The van der Waals surface area contributed by atoms with Crippen LogP contribution >= 0.6 is 11.8 Å². The Morgan fingerprint density at radius 3 is 2.94 bits per heavy atom. The number of hydrogen-bond donors (Lipinski definition) is 2. The summed E-state index contributed by atoms with van der Waals surface area (Å²) >= 11 is 1.30. The number of imidazole rings is 1. The lowest BCUT2D eigenvalue weighted by Gasteiger charge is -2.01. The maximum atomic E-state index is 11.6. The zero-order valence-electron chi connectivity index (χ0n) is 9.05. The zero-order chi connectivity index (χ0) is 12.3. The molecule has 90 valence electrons. The number of carbonyl (C=O) groups is 1. The highest BCUT2D eigenvalue weighted by Crippen LogP contribution is 2.10.